The van der Waals surface area contributed by atoms with Crippen molar-refractivity contribution in [2.75, 3.05) is 23.3 Å². The fourth-order valence-electron chi connectivity index (χ4n) is 3.59. The molecule has 3 rings (SSSR count). The smallest absolute Gasteiger partial charge is 0.269 e. The lowest BCUT2D eigenvalue weighted by molar-refractivity contribution is -0.384. The molecule has 1 aliphatic rings. The van der Waals surface area contributed by atoms with E-state index in [1.54, 1.807) is 12.1 Å². The number of hydrogen-bond acceptors (Lipinski definition) is 6. The maximum Gasteiger partial charge on any atom is 0.269 e. The zero-order valence-corrected chi connectivity index (χ0v) is 17.8. The number of nitrogens with zero attached hydrogens (tertiary/aromatic N) is 2. The number of non-ortho nitro benzene ring substituents is 1. The highest BCUT2D eigenvalue weighted by Gasteiger charge is 2.40. The second-order valence-electron chi connectivity index (χ2n) is 7.58. The van der Waals surface area contributed by atoms with Crippen molar-refractivity contribution in [3.63, 3.8) is 0 Å². The van der Waals surface area contributed by atoms with Gasteiger partial charge in [-0.3, -0.25) is 29.4 Å². The van der Waals surface area contributed by atoms with Gasteiger partial charge in [0.25, 0.3) is 17.5 Å². The number of nitrogens with one attached hydrogen (secondary N) is 2. The molecule has 2 atom stereocenters. The van der Waals surface area contributed by atoms with Crippen LogP contribution >= 0.6 is 0 Å². The number of carbonyl (C=O) groups excluding carboxylic acids is 3. The minimum absolute atomic E-state index is 0.134. The molecule has 2 aromatic rings. The maximum absolute atomic E-state index is 13.5. The van der Waals surface area contributed by atoms with Crippen LogP contribution in [-0.4, -0.2) is 41.8 Å². The van der Waals surface area contributed by atoms with Crippen molar-refractivity contribution in [1.82, 2.24) is 5.32 Å². The minimum atomic E-state index is -0.771. The van der Waals surface area contributed by atoms with E-state index in [4.69, 9.17) is 5.73 Å². The largest absolute Gasteiger partial charge is 0.351 e. The number of rotatable bonds is 7. The van der Waals surface area contributed by atoms with E-state index < -0.39 is 16.9 Å². The third-order valence-electron chi connectivity index (χ3n) is 5.48. The van der Waals surface area contributed by atoms with Crippen molar-refractivity contribution < 1.29 is 19.3 Å². The topological polar surface area (TPSA) is 148 Å². The molecule has 10 nitrogen and oxygen atoms in total. The Morgan fingerprint density at radius 3 is 2.47 bits per heavy atom. The second-order valence-corrected chi connectivity index (χ2v) is 7.58. The first-order valence-corrected chi connectivity index (χ1v) is 10.3. The van der Waals surface area contributed by atoms with Gasteiger partial charge in [0.2, 0.25) is 5.91 Å². The quantitative estimate of drug-likeness (QED) is 0.445. The number of fused-ring (bicyclic) bond motifs is 1. The molecule has 0 spiro atoms. The lowest BCUT2D eigenvalue weighted by atomic mass is 9.92. The third kappa shape index (κ3) is 4.45. The fraction of sp³-hybridized carbons (Fsp3) is 0.318. The molecular weight excluding hydrogens is 414 g/mol. The molecule has 0 aliphatic carbocycles. The Balaban J connectivity index is 2.04. The monoisotopic (exact) mass is 439 g/mol. The summed E-state index contributed by atoms with van der Waals surface area (Å²) in [6.45, 7) is 4.40. The van der Waals surface area contributed by atoms with Gasteiger partial charge >= 0.3 is 0 Å². The number of nitro benzene ring substituents is 1. The molecule has 4 N–H and O–H groups in total. The normalized spacial score (nSPS) is 16.0. The van der Waals surface area contributed by atoms with E-state index in [1.807, 2.05) is 13.8 Å². The van der Waals surface area contributed by atoms with Gasteiger partial charge in [-0.25, -0.2) is 0 Å². The summed E-state index contributed by atoms with van der Waals surface area (Å²) in [5.74, 6) is -1.31. The maximum atomic E-state index is 13.5. The first kappa shape index (κ1) is 22.9. The minimum Gasteiger partial charge on any atom is -0.351 e. The van der Waals surface area contributed by atoms with Crippen molar-refractivity contribution in [2.45, 2.75) is 26.3 Å². The van der Waals surface area contributed by atoms with Crippen LogP contribution in [0.25, 0.3) is 0 Å². The van der Waals surface area contributed by atoms with Gasteiger partial charge in [0.15, 0.2) is 0 Å². The van der Waals surface area contributed by atoms with E-state index >= 15 is 0 Å². The predicted molar refractivity (Wildman–Crippen MR) is 120 cm³/mol. The van der Waals surface area contributed by atoms with Crippen LogP contribution in [0.3, 0.4) is 0 Å². The van der Waals surface area contributed by atoms with Crippen LogP contribution in [0.2, 0.25) is 0 Å². The summed E-state index contributed by atoms with van der Waals surface area (Å²) in [5.41, 5.74) is 6.61. The van der Waals surface area contributed by atoms with Crippen molar-refractivity contribution >= 4 is 34.8 Å². The summed E-state index contributed by atoms with van der Waals surface area (Å²) in [6.07, 6.45) is 0.650. The molecule has 168 valence electrons. The Kier molecular flexibility index (Phi) is 6.84. The molecule has 32 heavy (non-hydrogen) atoms. The molecule has 0 saturated carbocycles. The Bertz CT molecular complexity index is 1050. The van der Waals surface area contributed by atoms with E-state index in [0.717, 1.165) is 0 Å². The molecule has 2 unspecified atom stereocenters. The van der Waals surface area contributed by atoms with E-state index in [1.165, 1.54) is 35.2 Å². The molecule has 10 heteroatoms. The van der Waals surface area contributed by atoms with Crippen LogP contribution in [0.15, 0.2) is 42.5 Å². The summed E-state index contributed by atoms with van der Waals surface area (Å²) in [5, 5.41) is 16.4. The summed E-state index contributed by atoms with van der Waals surface area (Å²) >= 11 is 0. The van der Waals surface area contributed by atoms with Crippen molar-refractivity contribution in [3.8, 4) is 0 Å². The van der Waals surface area contributed by atoms with Crippen molar-refractivity contribution in [1.29, 1.82) is 0 Å². The highest BCUT2D eigenvalue weighted by molar-refractivity contribution is 6.17. The number of nitro groups is 1. The van der Waals surface area contributed by atoms with Crippen LogP contribution in [0.1, 0.15) is 41.0 Å². The molecule has 1 heterocycles. The number of amides is 3. The third-order valence-corrected chi connectivity index (χ3v) is 5.48. The van der Waals surface area contributed by atoms with Crippen molar-refractivity contribution in [2.24, 2.45) is 11.7 Å². The highest BCUT2D eigenvalue weighted by atomic mass is 16.6. The number of carbonyl (C=O) groups is 3. The van der Waals surface area contributed by atoms with Gasteiger partial charge < -0.3 is 16.4 Å². The Hall–Kier alpha value is -3.79. The van der Waals surface area contributed by atoms with Crippen LogP contribution in [0.5, 0.6) is 0 Å². The van der Waals surface area contributed by atoms with Crippen LogP contribution in [0.4, 0.5) is 17.1 Å². The number of nitrogens with two attached hydrogens (primary N) is 1. The van der Waals surface area contributed by atoms with Crippen LogP contribution in [-0.2, 0) is 4.79 Å². The van der Waals surface area contributed by atoms with Gasteiger partial charge in [0.1, 0.15) is 6.04 Å². The van der Waals surface area contributed by atoms with Crippen LogP contribution < -0.4 is 21.3 Å². The van der Waals surface area contributed by atoms with E-state index in [2.05, 4.69) is 10.6 Å². The molecule has 0 saturated heterocycles. The second kappa shape index (κ2) is 9.56. The van der Waals surface area contributed by atoms with Gasteiger partial charge in [-0.15, -0.1) is 0 Å². The van der Waals surface area contributed by atoms with E-state index in [0.29, 0.717) is 36.4 Å². The molecule has 1 aliphatic heterocycles. The average molecular weight is 439 g/mol. The number of benzene rings is 2. The molecule has 2 aromatic carbocycles. The first-order valence-electron chi connectivity index (χ1n) is 10.3. The van der Waals surface area contributed by atoms with Gasteiger partial charge in [-0.2, -0.15) is 0 Å². The fourth-order valence-corrected chi connectivity index (χ4v) is 3.59. The SMILES string of the molecule is CCC(C)C1C(=O)Nc2cc(C(=O)NCCN)ccc2N1C(=O)c1ccc([N+](=O)[O-])cc1. The summed E-state index contributed by atoms with van der Waals surface area (Å²) in [6, 6.07) is 9.18. The molecule has 0 radical (unpaired) electrons. The van der Waals surface area contributed by atoms with E-state index in [-0.39, 0.29) is 29.0 Å². The molecule has 0 aromatic heterocycles. The van der Waals surface area contributed by atoms with Gasteiger partial charge in [-0.05, 0) is 36.2 Å². The highest BCUT2D eigenvalue weighted by Crippen LogP contribution is 2.37. The van der Waals surface area contributed by atoms with Gasteiger partial charge in [0.05, 0.1) is 16.3 Å². The summed E-state index contributed by atoms with van der Waals surface area (Å²) in [7, 11) is 0. The van der Waals surface area contributed by atoms with Gasteiger partial charge in [0, 0.05) is 36.3 Å². The first-order chi connectivity index (χ1) is 15.3. The average Bonchev–Trinajstić information content (AvgIpc) is 2.80. The zero-order chi connectivity index (χ0) is 23.4. The standard InChI is InChI=1S/C22H25N5O5/c1-3-13(2)19-21(29)25-17-12-15(20(28)24-11-10-23)6-9-18(17)26(19)22(30)14-4-7-16(8-5-14)27(31)32/h4-9,12-13,19H,3,10-11,23H2,1-2H3,(H,24,28)(H,25,29). The van der Waals surface area contributed by atoms with Gasteiger partial charge in [-0.1, -0.05) is 20.3 Å². The van der Waals surface area contributed by atoms with Crippen molar-refractivity contribution in [3.05, 3.63) is 63.7 Å². The Labute approximate surface area is 184 Å². The summed E-state index contributed by atoms with van der Waals surface area (Å²) in [4.78, 5) is 50.6. The Morgan fingerprint density at radius 2 is 1.88 bits per heavy atom. The molecule has 0 bridgehead atoms. The summed E-state index contributed by atoms with van der Waals surface area (Å²) < 4.78 is 0. The lowest BCUT2D eigenvalue weighted by Gasteiger charge is -2.39. The lowest BCUT2D eigenvalue weighted by Crippen LogP contribution is -2.54. The zero-order valence-electron chi connectivity index (χ0n) is 17.8. The molecule has 3 amide bonds. The van der Waals surface area contributed by atoms with Crippen LogP contribution in [0, 0.1) is 16.0 Å². The van der Waals surface area contributed by atoms with E-state index in [9.17, 15) is 24.5 Å². The molecule has 0 fully saturated rings. The number of anilines is 2. The molecular formula is C22H25N5O5. The Morgan fingerprint density at radius 1 is 1.22 bits per heavy atom. The number of hydrogen-bond donors (Lipinski definition) is 3. The predicted octanol–water partition coefficient (Wildman–Crippen LogP) is 2.30.